The smallest absolute Gasteiger partial charge is 0.204 e. The Kier molecular flexibility index (Phi) is 5.40. The highest BCUT2D eigenvalue weighted by molar-refractivity contribution is 6.10. The summed E-state index contributed by atoms with van der Waals surface area (Å²) in [5.41, 5.74) is 7.56. The predicted octanol–water partition coefficient (Wildman–Crippen LogP) is 4.76. The second-order valence-electron chi connectivity index (χ2n) is 9.50. The molecule has 0 bridgehead atoms. The van der Waals surface area contributed by atoms with Crippen molar-refractivity contribution in [1.29, 1.82) is 0 Å². The topological polar surface area (TPSA) is 66.6 Å². The van der Waals surface area contributed by atoms with Crippen molar-refractivity contribution in [2.24, 2.45) is 0 Å². The number of hydrogen-bond acceptors (Lipinski definition) is 6. The highest BCUT2D eigenvalue weighted by atomic mass is 16.1. The van der Waals surface area contributed by atoms with Crippen molar-refractivity contribution in [2.75, 3.05) is 36.0 Å². The van der Waals surface area contributed by atoms with E-state index in [-0.39, 0.29) is 5.78 Å². The summed E-state index contributed by atoms with van der Waals surface area (Å²) in [6.07, 6.45) is 0. The van der Waals surface area contributed by atoms with E-state index in [0.717, 1.165) is 54.5 Å². The van der Waals surface area contributed by atoms with Crippen LogP contribution >= 0.6 is 0 Å². The highest BCUT2D eigenvalue weighted by Crippen LogP contribution is 2.29. The average Bonchev–Trinajstić information content (AvgIpc) is 3.31. The maximum atomic E-state index is 13.1. The van der Waals surface area contributed by atoms with Gasteiger partial charge in [-0.15, -0.1) is 10.2 Å². The molecule has 0 unspecified atom stereocenters. The molecule has 6 rings (SSSR count). The van der Waals surface area contributed by atoms with E-state index in [9.17, 15) is 4.79 Å². The Hall–Kier alpha value is -4.26. The van der Waals surface area contributed by atoms with Crippen molar-refractivity contribution in [3.8, 4) is 0 Å². The lowest BCUT2D eigenvalue weighted by molar-refractivity contribution is 0.103. The lowest BCUT2D eigenvalue weighted by Gasteiger charge is -2.37. The van der Waals surface area contributed by atoms with Gasteiger partial charge in [0.2, 0.25) is 5.65 Å². The number of fused-ring (bicyclic) bond motifs is 3. The first kappa shape index (κ1) is 22.2. The van der Waals surface area contributed by atoms with Gasteiger partial charge in [0.25, 0.3) is 0 Å². The summed E-state index contributed by atoms with van der Waals surface area (Å²) in [4.78, 5) is 22.8. The van der Waals surface area contributed by atoms with Crippen LogP contribution in [0.25, 0.3) is 16.7 Å². The number of piperazine rings is 1. The SMILES string of the molecule is Cc1ccc(C)c(N2CCN(c3nc4ccc(C(=O)c5ccccc5)cc4n4c(C)nnc34)CC2)c1. The number of benzene rings is 3. The van der Waals surface area contributed by atoms with Gasteiger partial charge in [-0.3, -0.25) is 9.20 Å². The average molecular weight is 477 g/mol. The fourth-order valence-electron chi connectivity index (χ4n) is 5.09. The van der Waals surface area contributed by atoms with E-state index in [2.05, 4.69) is 52.0 Å². The number of nitrogens with zero attached hydrogens (tertiary/aromatic N) is 6. The molecule has 5 aromatic rings. The van der Waals surface area contributed by atoms with E-state index in [0.29, 0.717) is 11.1 Å². The van der Waals surface area contributed by atoms with E-state index in [1.807, 2.05) is 59.9 Å². The van der Waals surface area contributed by atoms with Crippen LogP contribution in [0.1, 0.15) is 32.9 Å². The van der Waals surface area contributed by atoms with Crippen LogP contribution in [0.15, 0.2) is 66.7 Å². The summed E-state index contributed by atoms with van der Waals surface area (Å²) in [7, 11) is 0. The number of rotatable bonds is 4. The first-order chi connectivity index (χ1) is 17.5. The molecule has 2 aromatic heterocycles. The van der Waals surface area contributed by atoms with Gasteiger partial charge in [0.1, 0.15) is 5.82 Å². The second-order valence-corrected chi connectivity index (χ2v) is 9.50. The Morgan fingerprint density at radius 2 is 1.53 bits per heavy atom. The quantitative estimate of drug-likeness (QED) is 0.349. The summed E-state index contributed by atoms with van der Waals surface area (Å²) in [6.45, 7) is 9.76. The third kappa shape index (κ3) is 3.77. The molecule has 0 spiro atoms. The Morgan fingerprint density at radius 1 is 0.778 bits per heavy atom. The molecule has 36 heavy (non-hydrogen) atoms. The second kappa shape index (κ2) is 8.75. The zero-order valence-corrected chi connectivity index (χ0v) is 20.8. The molecule has 0 atom stereocenters. The van der Waals surface area contributed by atoms with Gasteiger partial charge in [-0.25, -0.2) is 4.98 Å². The lowest BCUT2D eigenvalue weighted by atomic mass is 10.0. The summed E-state index contributed by atoms with van der Waals surface area (Å²) in [5.74, 6) is 1.60. The third-order valence-electron chi connectivity index (χ3n) is 7.05. The maximum Gasteiger partial charge on any atom is 0.204 e. The number of aromatic nitrogens is 4. The Balaban J connectivity index is 1.35. The summed E-state index contributed by atoms with van der Waals surface area (Å²) >= 11 is 0. The van der Waals surface area contributed by atoms with Crippen LogP contribution in [0.2, 0.25) is 0 Å². The molecule has 1 aliphatic rings. The number of carbonyl (C=O) groups excluding carboxylic acids is 1. The number of anilines is 2. The van der Waals surface area contributed by atoms with Gasteiger partial charge in [-0.1, -0.05) is 42.5 Å². The molecule has 7 heteroatoms. The van der Waals surface area contributed by atoms with Gasteiger partial charge in [0, 0.05) is 43.0 Å². The van der Waals surface area contributed by atoms with Crippen molar-refractivity contribution in [2.45, 2.75) is 20.8 Å². The van der Waals surface area contributed by atoms with Crippen molar-refractivity contribution in [1.82, 2.24) is 19.6 Å². The Bertz CT molecular complexity index is 1600. The molecule has 1 aliphatic heterocycles. The van der Waals surface area contributed by atoms with Crippen LogP contribution in [-0.4, -0.2) is 51.5 Å². The fraction of sp³-hybridized carbons (Fsp3) is 0.241. The van der Waals surface area contributed by atoms with Crippen LogP contribution in [-0.2, 0) is 0 Å². The van der Waals surface area contributed by atoms with E-state index < -0.39 is 0 Å². The molecule has 0 aliphatic carbocycles. The molecule has 3 aromatic carbocycles. The molecule has 0 N–H and O–H groups in total. The molecular weight excluding hydrogens is 448 g/mol. The molecule has 180 valence electrons. The monoisotopic (exact) mass is 476 g/mol. The molecule has 1 saturated heterocycles. The zero-order valence-electron chi connectivity index (χ0n) is 20.8. The molecule has 0 radical (unpaired) electrons. The van der Waals surface area contributed by atoms with E-state index >= 15 is 0 Å². The third-order valence-corrected chi connectivity index (χ3v) is 7.05. The van der Waals surface area contributed by atoms with E-state index in [1.54, 1.807) is 0 Å². The van der Waals surface area contributed by atoms with Crippen molar-refractivity contribution < 1.29 is 4.79 Å². The minimum atomic E-state index is -0.0111. The van der Waals surface area contributed by atoms with Gasteiger partial charge < -0.3 is 9.80 Å². The molecule has 1 fully saturated rings. The van der Waals surface area contributed by atoms with Crippen LogP contribution in [0.4, 0.5) is 11.5 Å². The summed E-state index contributed by atoms with van der Waals surface area (Å²) < 4.78 is 2.02. The maximum absolute atomic E-state index is 13.1. The molecule has 3 heterocycles. The summed E-state index contributed by atoms with van der Waals surface area (Å²) in [6, 6.07) is 21.7. The standard InChI is InChI=1S/C29H28N6O/c1-19-9-10-20(2)25(17-19)33-13-15-34(16-14-33)28-29-32-31-21(3)35(29)26-18-23(11-12-24(26)30-28)27(36)22-7-5-4-6-8-22/h4-12,17-18H,13-16H2,1-3H3. The number of carbonyl (C=O) groups is 1. The van der Waals surface area contributed by atoms with Crippen LogP contribution in [0.5, 0.6) is 0 Å². The van der Waals surface area contributed by atoms with E-state index in [1.165, 1.54) is 16.8 Å². The number of ketones is 1. The predicted molar refractivity (Wildman–Crippen MR) is 143 cm³/mol. The van der Waals surface area contributed by atoms with Crippen LogP contribution < -0.4 is 9.80 Å². The number of hydrogen-bond donors (Lipinski definition) is 0. The Morgan fingerprint density at radius 3 is 2.31 bits per heavy atom. The molecule has 0 amide bonds. The first-order valence-electron chi connectivity index (χ1n) is 12.3. The highest BCUT2D eigenvalue weighted by Gasteiger charge is 2.24. The fourth-order valence-corrected chi connectivity index (χ4v) is 5.09. The van der Waals surface area contributed by atoms with Crippen LogP contribution in [0.3, 0.4) is 0 Å². The summed E-state index contributed by atoms with van der Waals surface area (Å²) in [5, 5.41) is 8.86. The lowest BCUT2D eigenvalue weighted by Crippen LogP contribution is -2.47. The van der Waals surface area contributed by atoms with Gasteiger partial charge in [0.05, 0.1) is 11.0 Å². The van der Waals surface area contributed by atoms with Gasteiger partial charge in [-0.2, -0.15) is 0 Å². The van der Waals surface area contributed by atoms with Crippen LogP contribution in [0, 0.1) is 20.8 Å². The largest absolute Gasteiger partial charge is 0.368 e. The Labute approximate surface area is 210 Å². The van der Waals surface area contributed by atoms with Crippen molar-refractivity contribution in [3.05, 3.63) is 94.8 Å². The van der Waals surface area contributed by atoms with Gasteiger partial charge in [0.15, 0.2) is 11.6 Å². The van der Waals surface area contributed by atoms with E-state index in [4.69, 9.17) is 4.98 Å². The molecular formula is C29H28N6O. The minimum Gasteiger partial charge on any atom is -0.368 e. The zero-order chi connectivity index (χ0) is 24.8. The van der Waals surface area contributed by atoms with Gasteiger partial charge >= 0.3 is 0 Å². The number of aryl methyl sites for hydroxylation is 3. The van der Waals surface area contributed by atoms with Gasteiger partial charge in [-0.05, 0) is 56.2 Å². The normalized spacial score (nSPS) is 14.1. The molecule has 0 saturated carbocycles. The molecule has 7 nitrogen and oxygen atoms in total. The van der Waals surface area contributed by atoms with Crippen molar-refractivity contribution in [3.63, 3.8) is 0 Å². The first-order valence-corrected chi connectivity index (χ1v) is 12.3. The van der Waals surface area contributed by atoms with Crippen molar-refractivity contribution >= 4 is 34.0 Å². The minimum absolute atomic E-state index is 0.0111.